The molecule has 0 spiro atoms. The van der Waals surface area contributed by atoms with Crippen LogP contribution in [-0.2, 0) is 12.6 Å². The molecule has 2 rings (SSSR count). The van der Waals surface area contributed by atoms with Crippen LogP contribution in [0.3, 0.4) is 0 Å². The lowest BCUT2D eigenvalue weighted by Gasteiger charge is -2.21. The van der Waals surface area contributed by atoms with Crippen LogP contribution in [0.2, 0.25) is 0 Å². The van der Waals surface area contributed by atoms with Crippen molar-refractivity contribution >= 4 is 11.8 Å². The molecule has 0 aliphatic rings. The van der Waals surface area contributed by atoms with E-state index in [-0.39, 0.29) is 0 Å². The zero-order valence-corrected chi connectivity index (χ0v) is 10.8. The van der Waals surface area contributed by atoms with Crippen molar-refractivity contribution in [2.24, 2.45) is 12.8 Å². The molecule has 1 atom stereocenters. The Hall–Kier alpha value is -1.84. The maximum Gasteiger partial charge on any atom is 0.185 e. The summed E-state index contributed by atoms with van der Waals surface area (Å²) in [5.74, 6) is 0.431. The molecule has 0 aliphatic carbocycles. The van der Waals surface area contributed by atoms with Crippen LogP contribution in [0, 0.1) is 11.3 Å². The van der Waals surface area contributed by atoms with Gasteiger partial charge < -0.3 is 5.73 Å². The van der Waals surface area contributed by atoms with Gasteiger partial charge in [0.2, 0.25) is 0 Å². The number of aromatic nitrogens is 3. The van der Waals surface area contributed by atoms with Gasteiger partial charge in [-0.1, -0.05) is 42.1 Å². The zero-order valence-electron chi connectivity index (χ0n) is 9.95. The highest BCUT2D eigenvalue weighted by Crippen LogP contribution is 2.25. The van der Waals surface area contributed by atoms with Crippen LogP contribution in [0.5, 0.6) is 0 Å². The molecule has 18 heavy (non-hydrogen) atoms. The molecule has 0 saturated heterocycles. The first-order chi connectivity index (χ1) is 8.65. The van der Waals surface area contributed by atoms with E-state index in [1.54, 1.807) is 4.68 Å². The number of hydrogen-bond acceptors (Lipinski definition) is 5. The summed E-state index contributed by atoms with van der Waals surface area (Å²) in [6.07, 6.45) is 1.48. The summed E-state index contributed by atoms with van der Waals surface area (Å²) >= 11 is 1.42. The van der Waals surface area contributed by atoms with Crippen molar-refractivity contribution in [3.63, 3.8) is 0 Å². The van der Waals surface area contributed by atoms with Gasteiger partial charge in [-0.3, -0.25) is 0 Å². The Balaban J connectivity index is 2.15. The third-order valence-corrected chi connectivity index (χ3v) is 3.81. The average Bonchev–Trinajstić information content (AvgIpc) is 2.83. The van der Waals surface area contributed by atoms with Gasteiger partial charge in [-0.25, -0.2) is 9.67 Å². The number of nitrogens with two attached hydrogens (primary N) is 1. The van der Waals surface area contributed by atoms with Gasteiger partial charge in [0.05, 0.1) is 6.07 Å². The molecule has 6 heteroatoms. The van der Waals surface area contributed by atoms with E-state index >= 15 is 0 Å². The molecule has 0 amide bonds. The quantitative estimate of drug-likeness (QED) is 0.837. The lowest BCUT2D eigenvalue weighted by atomic mass is 9.95. The number of rotatable bonds is 4. The Bertz CT molecular complexity index is 559. The second kappa shape index (κ2) is 5.21. The van der Waals surface area contributed by atoms with E-state index in [2.05, 4.69) is 16.2 Å². The van der Waals surface area contributed by atoms with Crippen molar-refractivity contribution in [2.75, 3.05) is 5.75 Å². The molecular formula is C12H13N5S. The predicted molar refractivity (Wildman–Crippen MR) is 69.6 cm³/mol. The number of thioether (sulfide) groups is 1. The molecule has 2 aromatic rings. The third kappa shape index (κ3) is 2.53. The predicted octanol–water partition coefficient (Wildman–Crippen LogP) is 1.28. The van der Waals surface area contributed by atoms with Gasteiger partial charge in [0.25, 0.3) is 0 Å². The Morgan fingerprint density at radius 2 is 2.17 bits per heavy atom. The van der Waals surface area contributed by atoms with E-state index < -0.39 is 5.54 Å². The van der Waals surface area contributed by atoms with E-state index in [0.717, 1.165) is 10.7 Å². The van der Waals surface area contributed by atoms with Crippen LogP contribution in [-0.4, -0.2) is 20.5 Å². The Kier molecular flexibility index (Phi) is 3.65. The number of aryl methyl sites for hydroxylation is 1. The van der Waals surface area contributed by atoms with Crippen molar-refractivity contribution in [2.45, 2.75) is 10.7 Å². The molecule has 0 radical (unpaired) electrons. The van der Waals surface area contributed by atoms with Gasteiger partial charge in [0.15, 0.2) is 5.16 Å². The van der Waals surface area contributed by atoms with Crippen molar-refractivity contribution < 1.29 is 0 Å². The minimum Gasteiger partial charge on any atom is -0.309 e. The monoisotopic (exact) mass is 259 g/mol. The van der Waals surface area contributed by atoms with Crippen LogP contribution >= 0.6 is 11.8 Å². The SMILES string of the molecule is Cn1ncnc1SCC(N)(C#N)c1ccccc1. The van der Waals surface area contributed by atoms with Crippen molar-refractivity contribution in [3.8, 4) is 6.07 Å². The van der Waals surface area contributed by atoms with Gasteiger partial charge in [0.1, 0.15) is 11.9 Å². The average molecular weight is 259 g/mol. The van der Waals surface area contributed by atoms with Gasteiger partial charge in [-0.05, 0) is 5.56 Å². The van der Waals surface area contributed by atoms with Crippen LogP contribution in [0.25, 0.3) is 0 Å². The van der Waals surface area contributed by atoms with E-state index in [1.165, 1.54) is 18.1 Å². The molecule has 1 aromatic heterocycles. The Morgan fingerprint density at radius 3 is 2.72 bits per heavy atom. The maximum absolute atomic E-state index is 9.31. The highest BCUT2D eigenvalue weighted by molar-refractivity contribution is 7.99. The van der Waals surface area contributed by atoms with E-state index in [0.29, 0.717) is 5.75 Å². The lowest BCUT2D eigenvalue weighted by Crippen LogP contribution is -2.37. The molecule has 0 aliphatic heterocycles. The highest BCUT2D eigenvalue weighted by atomic mass is 32.2. The summed E-state index contributed by atoms with van der Waals surface area (Å²) in [5, 5.41) is 14.0. The molecule has 0 bridgehead atoms. The molecule has 92 valence electrons. The lowest BCUT2D eigenvalue weighted by molar-refractivity contribution is 0.649. The zero-order chi connectivity index (χ0) is 13.0. The largest absolute Gasteiger partial charge is 0.309 e. The Morgan fingerprint density at radius 1 is 1.44 bits per heavy atom. The van der Waals surface area contributed by atoms with Gasteiger partial charge in [-0.2, -0.15) is 10.4 Å². The standard InChI is InChI=1S/C12H13N5S/c1-17-11(15-9-16-17)18-8-12(14,7-13)10-5-3-2-4-6-10/h2-6,9H,8,14H2,1H3. The first-order valence-electron chi connectivity index (χ1n) is 5.38. The topological polar surface area (TPSA) is 80.5 Å². The summed E-state index contributed by atoms with van der Waals surface area (Å²) in [5.41, 5.74) is 5.94. The van der Waals surface area contributed by atoms with Crippen LogP contribution in [0.15, 0.2) is 41.8 Å². The van der Waals surface area contributed by atoms with Gasteiger partial charge >= 0.3 is 0 Å². The summed E-state index contributed by atoms with van der Waals surface area (Å²) in [6, 6.07) is 11.6. The normalized spacial score (nSPS) is 13.8. The fourth-order valence-corrected chi connectivity index (χ4v) is 2.45. The third-order valence-electron chi connectivity index (χ3n) is 2.59. The van der Waals surface area contributed by atoms with Crippen molar-refractivity contribution in [3.05, 3.63) is 42.2 Å². The van der Waals surface area contributed by atoms with Crippen LogP contribution < -0.4 is 5.73 Å². The molecule has 1 heterocycles. The molecule has 5 nitrogen and oxygen atoms in total. The number of hydrogen-bond donors (Lipinski definition) is 1. The van der Waals surface area contributed by atoms with Gasteiger partial charge in [0, 0.05) is 12.8 Å². The van der Waals surface area contributed by atoms with E-state index in [4.69, 9.17) is 5.73 Å². The van der Waals surface area contributed by atoms with Crippen LogP contribution in [0.1, 0.15) is 5.56 Å². The molecule has 0 fully saturated rings. The van der Waals surface area contributed by atoms with Gasteiger partial charge in [-0.15, -0.1) is 0 Å². The summed E-state index contributed by atoms with van der Waals surface area (Å²) < 4.78 is 1.66. The molecule has 2 N–H and O–H groups in total. The summed E-state index contributed by atoms with van der Waals surface area (Å²) in [4.78, 5) is 4.10. The minimum atomic E-state index is -1.02. The number of nitriles is 1. The summed E-state index contributed by atoms with van der Waals surface area (Å²) in [6.45, 7) is 0. The molecule has 0 saturated carbocycles. The van der Waals surface area contributed by atoms with Crippen molar-refractivity contribution in [1.29, 1.82) is 5.26 Å². The molecular weight excluding hydrogens is 246 g/mol. The number of benzene rings is 1. The minimum absolute atomic E-state index is 0.431. The second-order valence-corrected chi connectivity index (χ2v) is 4.85. The Labute approximate surface area is 110 Å². The van der Waals surface area contributed by atoms with Crippen LogP contribution in [0.4, 0.5) is 0 Å². The number of nitrogens with zero attached hydrogens (tertiary/aromatic N) is 4. The smallest absolute Gasteiger partial charge is 0.185 e. The van der Waals surface area contributed by atoms with Crippen molar-refractivity contribution in [1.82, 2.24) is 14.8 Å². The highest BCUT2D eigenvalue weighted by Gasteiger charge is 2.27. The molecule has 1 aromatic carbocycles. The first-order valence-corrected chi connectivity index (χ1v) is 6.37. The first kappa shape index (κ1) is 12.6. The fraction of sp³-hybridized carbons (Fsp3) is 0.250. The van der Waals surface area contributed by atoms with E-state index in [1.807, 2.05) is 37.4 Å². The summed E-state index contributed by atoms with van der Waals surface area (Å²) in [7, 11) is 1.81. The maximum atomic E-state index is 9.31. The fourth-order valence-electron chi connectivity index (χ4n) is 1.51. The second-order valence-electron chi connectivity index (χ2n) is 3.90. The van der Waals surface area contributed by atoms with E-state index in [9.17, 15) is 5.26 Å². The molecule has 1 unspecified atom stereocenters.